The van der Waals surface area contributed by atoms with Crippen molar-refractivity contribution < 1.29 is 23.4 Å². The molecular weight excluding hydrogens is 292 g/mol. The van der Waals surface area contributed by atoms with Crippen LogP contribution in [-0.2, 0) is 4.79 Å². The first-order valence-electron chi connectivity index (χ1n) is 5.99. The Hall–Kier alpha value is -1.40. The maximum absolute atomic E-state index is 12.3. The number of aliphatic hydroxyl groups is 1. The van der Waals surface area contributed by atoms with Crippen molar-refractivity contribution in [2.24, 2.45) is 0 Å². The molecule has 0 heterocycles. The Balaban J connectivity index is 2.62. The molecule has 1 aromatic carbocycles. The van der Waals surface area contributed by atoms with Gasteiger partial charge in [-0.1, -0.05) is 17.7 Å². The highest BCUT2D eigenvalue weighted by atomic mass is 35.5. The predicted octanol–water partition coefficient (Wildman–Crippen LogP) is 2.11. The van der Waals surface area contributed by atoms with Gasteiger partial charge in [-0.3, -0.25) is 4.79 Å². The number of carbonyl (C=O) groups is 1. The van der Waals surface area contributed by atoms with Gasteiger partial charge in [0.15, 0.2) is 6.61 Å². The summed E-state index contributed by atoms with van der Waals surface area (Å²) in [6.45, 7) is 0.151. The molecule has 0 aliphatic rings. The Kier molecular flexibility index (Phi) is 6.67. The Morgan fingerprint density at radius 2 is 2.20 bits per heavy atom. The number of aryl methyl sites for hydroxylation is 1. The molecule has 0 unspecified atom stereocenters. The number of rotatable bonds is 7. The average Bonchev–Trinajstić information content (AvgIpc) is 2.38. The van der Waals surface area contributed by atoms with Crippen LogP contribution in [0.25, 0.3) is 0 Å². The van der Waals surface area contributed by atoms with Crippen molar-refractivity contribution in [3.8, 4) is 5.75 Å². The highest BCUT2D eigenvalue weighted by molar-refractivity contribution is 6.32. The van der Waals surface area contributed by atoms with Crippen LogP contribution in [0.5, 0.6) is 5.75 Å². The lowest BCUT2D eigenvalue weighted by Gasteiger charge is -2.21. The number of aliphatic hydroxyl groups excluding tert-OH is 1. The third-order valence-electron chi connectivity index (χ3n) is 2.52. The SMILES string of the molecule is Cc1ccc(Cl)c(OCC(=O)N(CCO)CC(F)F)c1. The number of ether oxygens (including phenoxy) is 1. The maximum atomic E-state index is 12.3. The Morgan fingerprint density at radius 3 is 2.80 bits per heavy atom. The van der Waals surface area contributed by atoms with Crippen molar-refractivity contribution in [2.45, 2.75) is 13.3 Å². The fourth-order valence-electron chi connectivity index (χ4n) is 1.56. The first-order chi connectivity index (χ1) is 9.43. The highest BCUT2D eigenvalue weighted by Gasteiger charge is 2.18. The monoisotopic (exact) mass is 307 g/mol. The number of nitrogens with zero attached hydrogens (tertiary/aromatic N) is 1. The van der Waals surface area contributed by atoms with Crippen LogP contribution in [0, 0.1) is 6.92 Å². The first kappa shape index (κ1) is 16.7. The zero-order valence-corrected chi connectivity index (χ0v) is 11.7. The van der Waals surface area contributed by atoms with Gasteiger partial charge in [0, 0.05) is 6.54 Å². The van der Waals surface area contributed by atoms with Crippen LogP contribution >= 0.6 is 11.6 Å². The molecule has 1 aromatic rings. The Morgan fingerprint density at radius 1 is 1.50 bits per heavy atom. The molecule has 1 amide bonds. The van der Waals surface area contributed by atoms with Crippen LogP contribution in [0.3, 0.4) is 0 Å². The number of hydrogen-bond donors (Lipinski definition) is 1. The van der Waals surface area contributed by atoms with Crippen LogP contribution in [0.15, 0.2) is 18.2 Å². The van der Waals surface area contributed by atoms with Gasteiger partial charge in [-0.15, -0.1) is 0 Å². The number of alkyl halides is 2. The molecule has 0 atom stereocenters. The van der Waals surface area contributed by atoms with E-state index in [1.807, 2.05) is 6.92 Å². The first-order valence-corrected chi connectivity index (χ1v) is 6.37. The number of halogens is 3. The van der Waals surface area contributed by atoms with Gasteiger partial charge in [0.2, 0.25) is 0 Å². The van der Waals surface area contributed by atoms with Gasteiger partial charge < -0.3 is 14.7 Å². The summed E-state index contributed by atoms with van der Waals surface area (Å²) < 4.78 is 29.9. The molecule has 0 radical (unpaired) electrons. The Labute approximate surface area is 120 Å². The summed E-state index contributed by atoms with van der Waals surface area (Å²) in [4.78, 5) is 12.6. The smallest absolute Gasteiger partial charge is 0.260 e. The molecular formula is C13H16ClF2NO3. The lowest BCUT2D eigenvalue weighted by Crippen LogP contribution is -2.40. The minimum absolute atomic E-state index is 0.159. The van der Waals surface area contributed by atoms with E-state index in [1.54, 1.807) is 18.2 Å². The van der Waals surface area contributed by atoms with Crippen LogP contribution < -0.4 is 4.74 Å². The van der Waals surface area contributed by atoms with Crippen LogP contribution in [-0.4, -0.2) is 48.6 Å². The summed E-state index contributed by atoms with van der Waals surface area (Å²) in [6, 6.07) is 5.06. The van der Waals surface area contributed by atoms with Crippen molar-refractivity contribution in [1.82, 2.24) is 4.90 Å². The van der Waals surface area contributed by atoms with E-state index >= 15 is 0 Å². The summed E-state index contributed by atoms with van der Waals surface area (Å²) in [5.41, 5.74) is 0.900. The number of amides is 1. The topological polar surface area (TPSA) is 49.8 Å². The fourth-order valence-corrected chi connectivity index (χ4v) is 1.73. The Bertz CT molecular complexity index is 457. The number of carbonyl (C=O) groups excluding carboxylic acids is 1. The second kappa shape index (κ2) is 8.01. The summed E-state index contributed by atoms with van der Waals surface area (Å²) >= 11 is 5.89. The molecule has 20 heavy (non-hydrogen) atoms. The zero-order chi connectivity index (χ0) is 15.1. The van der Waals surface area contributed by atoms with Gasteiger partial charge in [-0.05, 0) is 24.6 Å². The van der Waals surface area contributed by atoms with Crippen LogP contribution in [0.2, 0.25) is 5.02 Å². The van der Waals surface area contributed by atoms with Gasteiger partial charge in [0.05, 0.1) is 18.2 Å². The molecule has 1 rings (SSSR count). The lowest BCUT2D eigenvalue weighted by atomic mass is 10.2. The van der Waals surface area contributed by atoms with E-state index in [4.69, 9.17) is 21.4 Å². The zero-order valence-electron chi connectivity index (χ0n) is 11.0. The van der Waals surface area contributed by atoms with Crippen molar-refractivity contribution in [2.75, 3.05) is 26.3 Å². The van der Waals surface area contributed by atoms with E-state index in [9.17, 15) is 13.6 Å². The normalized spacial score (nSPS) is 10.7. The van der Waals surface area contributed by atoms with E-state index < -0.39 is 25.5 Å². The van der Waals surface area contributed by atoms with Crippen LogP contribution in [0.4, 0.5) is 8.78 Å². The van der Waals surface area contributed by atoms with Gasteiger partial charge in [-0.25, -0.2) is 8.78 Å². The van der Waals surface area contributed by atoms with E-state index in [0.29, 0.717) is 10.8 Å². The second-order valence-electron chi connectivity index (χ2n) is 4.18. The minimum Gasteiger partial charge on any atom is -0.482 e. The highest BCUT2D eigenvalue weighted by Crippen LogP contribution is 2.25. The van der Waals surface area contributed by atoms with Crippen molar-refractivity contribution >= 4 is 17.5 Å². The lowest BCUT2D eigenvalue weighted by molar-refractivity contribution is -0.135. The fraction of sp³-hybridized carbons (Fsp3) is 0.462. The molecule has 0 fully saturated rings. The quantitative estimate of drug-likeness (QED) is 0.839. The molecule has 0 bridgehead atoms. The predicted molar refractivity (Wildman–Crippen MR) is 71.4 cm³/mol. The average molecular weight is 308 g/mol. The van der Waals surface area contributed by atoms with Crippen molar-refractivity contribution in [3.63, 3.8) is 0 Å². The van der Waals surface area contributed by atoms with Gasteiger partial charge >= 0.3 is 0 Å². The van der Waals surface area contributed by atoms with E-state index in [0.717, 1.165) is 10.5 Å². The molecule has 0 saturated carbocycles. The molecule has 0 aliphatic carbocycles. The van der Waals surface area contributed by atoms with Crippen molar-refractivity contribution in [1.29, 1.82) is 0 Å². The number of hydrogen-bond acceptors (Lipinski definition) is 3. The van der Waals surface area contributed by atoms with E-state index in [1.165, 1.54) is 0 Å². The van der Waals surface area contributed by atoms with Gasteiger partial charge in [-0.2, -0.15) is 0 Å². The summed E-state index contributed by atoms with van der Waals surface area (Å²) in [5, 5.41) is 9.10. The number of benzene rings is 1. The van der Waals surface area contributed by atoms with Crippen molar-refractivity contribution in [3.05, 3.63) is 28.8 Å². The summed E-state index contributed by atoms with van der Waals surface area (Å²) in [6.07, 6.45) is -2.66. The summed E-state index contributed by atoms with van der Waals surface area (Å²) in [5.74, 6) is -0.307. The standard InChI is InChI=1S/C13H16ClF2NO3/c1-9-2-3-10(14)11(6-9)20-8-13(19)17(4-5-18)7-12(15)16/h2-3,6,12,18H,4-5,7-8H2,1H3. The molecule has 0 aromatic heterocycles. The molecule has 112 valence electrons. The molecule has 0 aliphatic heterocycles. The van der Waals surface area contributed by atoms with E-state index in [2.05, 4.69) is 0 Å². The maximum Gasteiger partial charge on any atom is 0.260 e. The summed E-state index contributed by atoms with van der Waals surface area (Å²) in [7, 11) is 0. The molecule has 1 N–H and O–H groups in total. The van der Waals surface area contributed by atoms with Gasteiger partial charge in [0.1, 0.15) is 5.75 Å². The molecule has 7 heteroatoms. The molecule has 0 spiro atoms. The van der Waals surface area contributed by atoms with Crippen LogP contribution in [0.1, 0.15) is 5.56 Å². The third-order valence-corrected chi connectivity index (χ3v) is 2.83. The van der Waals surface area contributed by atoms with Gasteiger partial charge in [0.25, 0.3) is 12.3 Å². The van der Waals surface area contributed by atoms with E-state index in [-0.39, 0.29) is 13.2 Å². The molecule has 0 saturated heterocycles. The minimum atomic E-state index is -2.66. The second-order valence-corrected chi connectivity index (χ2v) is 4.58. The largest absolute Gasteiger partial charge is 0.482 e. The molecule has 4 nitrogen and oxygen atoms in total. The third kappa shape index (κ3) is 5.30.